The number of amides is 1. The molecule has 0 aliphatic rings. The standard InChI is InChI=1S/C20H23NO4/c1-20(2,15-6-4-3-5-7-15)16-8-10-17(11-9-16)25-14-18(22)21-13-12-19(23)24/h3-11H,12-14H2,1-2H3,(H,21,22)(H,23,24). The van der Waals surface area contributed by atoms with E-state index >= 15 is 0 Å². The van der Waals surface area contributed by atoms with Crippen LogP contribution in [0.1, 0.15) is 31.4 Å². The van der Waals surface area contributed by atoms with Crippen LogP contribution in [0.5, 0.6) is 5.75 Å². The topological polar surface area (TPSA) is 75.6 Å². The molecule has 5 heteroatoms. The largest absolute Gasteiger partial charge is 0.484 e. The second kappa shape index (κ2) is 8.33. The van der Waals surface area contributed by atoms with Gasteiger partial charge in [0, 0.05) is 12.0 Å². The molecule has 0 unspecified atom stereocenters. The van der Waals surface area contributed by atoms with Gasteiger partial charge < -0.3 is 15.2 Å². The molecule has 0 aliphatic heterocycles. The van der Waals surface area contributed by atoms with Crippen LogP contribution >= 0.6 is 0 Å². The molecule has 132 valence electrons. The zero-order valence-corrected chi connectivity index (χ0v) is 14.5. The molecule has 0 atom stereocenters. The molecule has 0 fully saturated rings. The first-order valence-corrected chi connectivity index (χ1v) is 8.17. The smallest absolute Gasteiger partial charge is 0.305 e. The highest BCUT2D eigenvalue weighted by molar-refractivity contribution is 5.78. The first kappa shape index (κ1) is 18.5. The fourth-order valence-electron chi connectivity index (χ4n) is 2.50. The predicted octanol–water partition coefficient (Wildman–Crippen LogP) is 2.98. The number of ether oxygens (including phenoxy) is 1. The number of hydrogen-bond acceptors (Lipinski definition) is 3. The molecule has 2 aromatic rings. The zero-order valence-electron chi connectivity index (χ0n) is 14.5. The summed E-state index contributed by atoms with van der Waals surface area (Å²) in [5.74, 6) is -0.686. The van der Waals surface area contributed by atoms with E-state index in [2.05, 4.69) is 31.3 Å². The Bertz CT molecular complexity index is 708. The van der Waals surface area contributed by atoms with Gasteiger partial charge in [-0.3, -0.25) is 9.59 Å². The van der Waals surface area contributed by atoms with Crippen LogP contribution < -0.4 is 10.1 Å². The summed E-state index contributed by atoms with van der Waals surface area (Å²) in [7, 11) is 0. The number of hydrogen-bond donors (Lipinski definition) is 2. The first-order valence-electron chi connectivity index (χ1n) is 8.17. The monoisotopic (exact) mass is 341 g/mol. The summed E-state index contributed by atoms with van der Waals surface area (Å²) in [6.45, 7) is 4.28. The molecule has 2 rings (SSSR count). The lowest BCUT2D eigenvalue weighted by Crippen LogP contribution is -2.30. The van der Waals surface area contributed by atoms with Crippen LogP contribution in [-0.4, -0.2) is 30.1 Å². The third-order valence-electron chi connectivity index (χ3n) is 4.10. The lowest BCUT2D eigenvalue weighted by atomic mass is 9.78. The van der Waals surface area contributed by atoms with Gasteiger partial charge in [0.15, 0.2) is 6.61 Å². The Labute approximate surface area is 147 Å². The van der Waals surface area contributed by atoms with Crippen LogP contribution in [0.15, 0.2) is 54.6 Å². The Kier molecular flexibility index (Phi) is 6.17. The summed E-state index contributed by atoms with van der Waals surface area (Å²) in [4.78, 5) is 22.0. The molecule has 2 N–H and O–H groups in total. The molecule has 0 radical (unpaired) electrons. The number of carboxylic acids is 1. The van der Waals surface area contributed by atoms with Gasteiger partial charge >= 0.3 is 5.97 Å². The van der Waals surface area contributed by atoms with Gasteiger partial charge in [-0.15, -0.1) is 0 Å². The van der Waals surface area contributed by atoms with Crippen molar-refractivity contribution in [2.75, 3.05) is 13.2 Å². The molecule has 0 saturated carbocycles. The van der Waals surface area contributed by atoms with Gasteiger partial charge in [-0.2, -0.15) is 0 Å². The number of carboxylic acid groups (broad SMARTS) is 1. The second-order valence-electron chi connectivity index (χ2n) is 6.30. The summed E-state index contributed by atoms with van der Waals surface area (Å²) in [5.41, 5.74) is 2.24. The Hall–Kier alpha value is -2.82. The molecular formula is C20H23NO4. The summed E-state index contributed by atoms with van der Waals surface area (Å²) >= 11 is 0. The van der Waals surface area contributed by atoms with Gasteiger partial charge in [0.05, 0.1) is 6.42 Å². The van der Waals surface area contributed by atoms with Gasteiger partial charge in [-0.25, -0.2) is 0 Å². The number of carbonyl (C=O) groups is 2. The van der Waals surface area contributed by atoms with Gasteiger partial charge in [0.2, 0.25) is 0 Å². The third-order valence-corrected chi connectivity index (χ3v) is 4.10. The average Bonchev–Trinajstić information content (AvgIpc) is 2.61. The molecule has 0 bridgehead atoms. The van der Waals surface area contributed by atoms with E-state index in [-0.39, 0.29) is 30.9 Å². The average molecular weight is 341 g/mol. The third kappa shape index (κ3) is 5.35. The van der Waals surface area contributed by atoms with E-state index < -0.39 is 5.97 Å². The number of nitrogens with one attached hydrogen (secondary N) is 1. The molecule has 0 heterocycles. The molecule has 25 heavy (non-hydrogen) atoms. The molecule has 2 aromatic carbocycles. The summed E-state index contributed by atoms with van der Waals surface area (Å²) in [6.07, 6.45) is -0.102. The maximum atomic E-state index is 11.6. The van der Waals surface area contributed by atoms with E-state index in [1.54, 1.807) is 0 Å². The predicted molar refractivity (Wildman–Crippen MR) is 95.8 cm³/mol. The van der Waals surface area contributed by atoms with Gasteiger partial charge in [0.1, 0.15) is 5.75 Å². The Morgan fingerprint density at radius 1 is 1.00 bits per heavy atom. The SMILES string of the molecule is CC(C)(c1ccccc1)c1ccc(OCC(=O)NCCC(=O)O)cc1. The summed E-state index contributed by atoms with van der Waals surface area (Å²) in [6, 6.07) is 17.9. The minimum atomic E-state index is -0.946. The van der Waals surface area contributed by atoms with Crippen LogP contribution in [0.2, 0.25) is 0 Å². The lowest BCUT2D eigenvalue weighted by Gasteiger charge is -2.26. The quantitative estimate of drug-likeness (QED) is 0.774. The molecule has 5 nitrogen and oxygen atoms in total. The van der Waals surface area contributed by atoms with Crippen LogP contribution in [0.4, 0.5) is 0 Å². The van der Waals surface area contributed by atoms with Crippen LogP contribution in [0.25, 0.3) is 0 Å². The van der Waals surface area contributed by atoms with E-state index in [0.29, 0.717) is 5.75 Å². The molecule has 0 saturated heterocycles. The van der Waals surface area contributed by atoms with E-state index in [9.17, 15) is 9.59 Å². The normalized spacial score (nSPS) is 11.0. The van der Waals surface area contributed by atoms with Crippen LogP contribution in [0.3, 0.4) is 0 Å². The number of benzene rings is 2. The maximum Gasteiger partial charge on any atom is 0.305 e. The number of rotatable bonds is 8. The van der Waals surface area contributed by atoms with Crippen molar-refractivity contribution < 1.29 is 19.4 Å². The van der Waals surface area contributed by atoms with Crippen molar-refractivity contribution in [3.8, 4) is 5.75 Å². The van der Waals surface area contributed by atoms with Crippen molar-refractivity contribution in [1.29, 1.82) is 0 Å². The van der Waals surface area contributed by atoms with Crippen LogP contribution in [-0.2, 0) is 15.0 Å². The fourth-order valence-corrected chi connectivity index (χ4v) is 2.50. The van der Waals surface area contributed by atoms with Gasteiger partial charge in [-0.1, -0.05) is 56.3 Å². The fraction of sp³-hybridized carbons (Fsp3) is 0.300. The molecule has 0 aromatic heterocycles. The van der Waals surface area contributed by atoms with Crippen molar-refractivity contribution in [2.45, 2.75) is 25.7 Å². The zero-order chi connectivity index (χ0) is 18.3. The molecule has 1 amide bonds. The van der Waals surface area contributed by atoms with Crippen molar-refractivity contribution >= 4 is 11.9 Å². The molecule has 0 aliphatic carbocycles. The Balaban J connectivity index is 1.92. The highest BCUT2D eigenvalue weighted by Crippen LogP contribution is 2.32. The Morgan fingerprint density at radius 2 is 1.60 bits per heavy atom. The van der Waals surface area contributed by atoms with Crippen molar-refractivity contribution in [3.63, 3.8) is 0 Å². The second-order valence-corrected chi connectivity index (χ2v) is 6.30. The summed E-state index contributed by atoms with van der Waals surface area (Å²) < 4.78 is 5.44. The van der Waals surface area contributed by atoms with Crippen LogP contribution in [0, 0.1) is 0 Å². The lowest BCUT2D eigenvalue weighted by molar-refractivity contribution is -0.137. The molecular weight excluding hydrogens is 318 g/mol. The minimum absolute atomic E-state index is 0.0989. The molecule has 0 spiro atoms. The summed E-state index contributed by atoms with van der Waals surface area (Å²) in [5, 5.41) is 11.0. The van der Waals surface area contributed by atoms with Crippen molar-refractivity contribution in [3.05, 3.63) is 65.7 Å². The van der Waals surface area contributed by atoms with E-state index in [4.69, 9.17) is 9.84 Å². The van der Waals surface area contributed by atoms with E-state index in [0.717, 1.165) is 5.56 Å². The van der Waals surface area contributed by atoms with Crippen molar-refractivity contribution in [1.82, 2.24) is 5.32 Å². The first-order chi connectivity index (χ1) is 11.9. The maximum absolute atomic E-state index is 11.6. The highest BCUT2D eigenvalue weighted by Gasteiger charge is 2.22. The van der Waals surface area contributed by atoms with Crippen molar-refractivity contribution in [2.24, 2.45) is 0 Å². The highest BCUT2D eigenvalue weighted by atomic mass is 16.5. The number of aliphatic carboxylic acids is 1. The van der Waals surface area contributed by atoms with E-state index in [1.165, 1.54) is 5.56 Å². The number of carbonyl (C=O) groups excluding carboxylic acids is 1. The Morgan fingerprint density at radius 3 is 2.20 bits per heavy atom. The minimum Gasteiger partial charge on any atom is -0.484 e. The van der Waals surface area contributed by atoms with Gasteiger partial charge in [0.25, 0.3) is 5.91 Å². The van der Waals surface area contributed by atoms with E-state index in [1.807, 2.05) is 42.5 Å². The van der Waals surface area contributed by atoms with Gasteiger partial charge in [-0.05, 0) is 23.3 Å².